The number of thioether (sulfide) groups is 1. The normalized spacial score (nSPS) is 20.0. The van der Waals surface area contributed by atoms with Crippen LogP contribution in [0.3, 0.4) is 0 Å². The topological polar surface area (TPSA) is 28.2 Å². The van der Waals surface area contributed by atoms with Gasteiger partial charge in [0.2, 0.25) is 0 Å². The molecule has 1 unspecified atom stereocenters. The van der Waals surface area contributed by atoms with Crippen molar-refractivity contribution in [1.82, 2.24) is 10.3 Å². The van der Waals surface area contributed by atoms with E-state index in [9.17, 15) is 0 Å². The summed E-state index contributed by atoms with van der Waals surface area (Å²) in [4.78, 5) is 6.86. The van der Waals surface area contributed by atoms with Crippen LogP contribution in [-0.2, 0) is 6.54 Å². The van der Waals surface area contributed by atoms with Gasteiger partial charge in [-0.15, -0.1) is 0 Å². The third-order valence-corrected chi connectivity index (χ3v) is 4.17. The molecule has 1 aromatic rings. The Bertz CT molecular complexity index is 337. The van der Waals surface area contributed by atoms with E-state index in [0.717, 1.165) is 12.4 Å². The number of hydrogen-bond donors (Lipinski definition) is 1. The molecule has 88 valence electrons. The van der Waals surface area contributed by atoms with E-state index in [0.29, 0.717) is 6.04 Å². The molecule has 0 aromatic carbocycles. The predicted molar refractivity (Wildman–Crippen MR) is 71.1 cm³/mol. The number of nitrogens with zero attached hydrogens (tertiary/aromatic N) is 2. The highest BCUT2D eigenvalue weighted by Gasteiger charge is 2.22. The lowest BCUT2D eigenvalue weighted by atomic mass is 10.2. The van der Waals surface area contributed by atoms with Crippen LogP contribution in [0.15, 0.2) is 18.3 Å². The monoisotopic (exact) mass is 237 g/mol. The largest absolute Gasteiger partial charge is 0.356 e. The van der Waals surface area contributed by atoms with Gasteiger partial charge in [0.15, 0.2) is 0 Å². The van der Waals surface area contributed by atoms with Gasteiger partial charge in [-0.2, -0.15) is 11.8 Å². The number of pyridine rings is 1. The summed E-state index contributed by atoms with van der Waals surface area (Å²) in [5.41, 5.74) is 1.28. The fraction of sp³-hybridized carbons (Fsp3) is 0.583. The average molecular weight is 237 g/mol. The van der Waals surface area contributed by atoms with E-state index in [1.54, 1.807) is 0 Å². The highest BCUT2D eigenvalue weighted by Crippen LogP contribution is 2.26. The summed E-state index contributed by atoms with van der Waals surface area (Å²) in [6, 6.07) is 4.81. The van der Waals surface area contributed by atoms with Crippen LogP contribution in [0.2, 0.25) is 0 Å². The van der Waals surface area contributed by atoms with Crippen molar-refractivity contribution in [2.45, 2.75) is 19.0 Å². The molecule has 1 fully saturated rings. The summed E-state index contributed by atoms with van der Waals surface area (Å²) in [6.45, 7) is 0.882. The van der Waals surface area contributed by atoms with Crippen LogP contribution in [0.1, 0.15) is 12.0 Å². The smallest absolute Gasteiger partial charge is 0.133 e. The summed E-state index contributed by atoms with van der Waals surface area (Å²) < 4.78 is 0. The third kappa shape index (κ3) is 2.50. The maximum Gasteiger partial charge on any atom is 0.133 e. The number of aromatic nitrogens is 1. The molecular weight excluding hydrogens is 218 g/mol. The first-order valence-electron chi connectivity index (χ1n) is 5.72. The van der Waals surface area contributed by atoms with E-state index in [-0.39, 0.29) is 0 Å². The molecule has 4 heteroatoms. The van der Waals surface area contributed by atoms with Gasteiger partial charge in [-0.3, -0.25) is 0 Å². The van der Waals surface area contributed by atoms with E-state index >= 15 is 0 Å². The second-order valence-electron chi connectivity index (χ2n) is 4.14. The molecule has 1 aromatic heterocycles. The van der Waals surface area contributed by atoms with Crippen molar-refractivity contribution in [3.63, 3.8) is 0 Å². The van der Waals surface area contributed by atoms with Crippen LogP contribution in [0.25, 0.3) is 0 Å². The van der Waals surface area contributed by atoms with Gasteiger partial charge in [-0.25, -0.2) is 4.98 Å². The van der Waals surface area contributed by atoms with Gasteiger partial charge in [0.25, 0.3) is 0 Å². The van der Waals surface area contributed by atoms with E-state index in [1.807, 2.05) is 31.1 Å². The molecule has 0 spiro atoms. The van der Waals surface area contributed by atoms with E-state index < -0.39 is 0 Å². The van der Waals surface area contributed by atoms with Crippen molar-refractivity contribution in [1.29, 1.82) is 0 Å². The van der Waals surface area contributed by atoms with Gasteiger partial charge in [0.1, 0.15) is 5.82 Å². The molecule has 1 aliphatic rings. The Morgan fingerprint density at radius 3 is 3.19 bits per heavy atom. The van der Waals surface area contributed by atoms with Crippen molar-refractivity contribution in [2.75, 3.05) is 30.5 Å². The minimum Gasteiger partial charge on any atom is -0.356 e. The molecule has 2 heterocycles. The Labute approximate surface area is 102 Å². The minimum atomic E-state index is 0.649. The Hall–Kier alpha value is -0.740. The van der Waals surface area contributed by atoms with Crippen LogP contribution in [0, 0.1) is 0 Å². The summed E-state index contributed by atoms with van der Waals surface area (Å²) in [7, 11) is 4.14. The predicted octanol–water partition coefficient (Wildman–Crippen LogP) is 1.74. The Balaban J connectivity index is 2.17. The Kier molecular flexibility index (Phi) is 4.07. The maximum absolute atomic E-state index is 4.52. The first-order valence-corrected chi connectivity index (χ1v) is 6.87. The molecule has 1 aliphatic heterocycles. The van der Waals surface area contributed by atoms with Gasteiger partial charge in [-0.1, -0.05) is 6.07 Å². The fourth-order valence-corrected chi connectivity index (χ4v) is 3.34. The molecule has 0 saturated carbocycles. The zero-order valence-electron chi connectivity index (χ0n) is 9.94. The first kappa shape index (κ1) is 11.7. The summed E-state index contributed by atoms with van der Waals surface area (Å²) >= 11 is 2.04. The van der Waals surface area contributed by atoms with Crippen LogP contribution in [-0.4, -0.2) is 36.6 Å². The average Bonchev–Trinajstić information content (AvgIpc) is 2.83. The molecule has 1 atom stereocenters. The second-order valence-corrected chi connectivity index (χ2v) is 5.29. The zero-order valence-corrected chi connectivity index (χ0v) is 10.8. The van der Waals surface area contributed by atoms with Crippen molar-refractivity contribution < 1.29 is 0 Å². The molecule has 3 nitrogen and oxygen atoms in total. The molecule has 0 amide bonds. The molecule has 0 aliphatic carbocycles. The van der Waals surface area contributed by atoms with Crippen molar-refractivity contribution in [3.8, 4) is 0 Å². The molecular formula is C12H19N3S. The number of rotatable bonds is 4. The minimum absolute atomic E-state index is 0.649. The Morgan fingerprint density at radius 2 is 2.50 bits per heavy atom. The highest BCUT2D eigenvalue weighted by atomic mass is 32.2. The van der Waals surface area contributed by atoms with Gasteiger partial charge >= 0.3 is 0 Å². The molecule has 16 heavy (non-hydrogen) atoms. The molecule has 1 saturated heterocycles. The standard InChI is InChI=1S/C12H19N3S/c1-13-8-10-4-3-6-14-12(10)15(2)11-5-7-16-9-11/h3-4,6,11,13H,5,7-9H2,1-2H3. The van der Waals surface area contributed by atoms with Crippen LogP contribution in [0.5, 0.6) is 0 Å². The number of anilines is 1. The van der Waals surface area contributed by atoms with Gasteiger partial charge in [0.05, 0.1) is 0 Å². The van der Waals surface area contributed by atoms with Crippen LogP contribution in [0.4, 0.5) is 5.82 Å². The number of hydrogen-bond acceptors (Lipinski definition) is 4. The Morgan fingerprint density at radius 1 is 1.62 bits per heavy atom. The van der Waals surface area contributed by atoms with Gasteiger partial charge in [-0.05, 0) is 25.3 Å². The molecule has 1 N–H and O–H groups in total. The van der Waals surface area contributed by atoms with Gasteiger partial charge < -0.3 is 10.2 Å². The zero-order chi connectivity index (χ0) is 11.4. The van der Waals surface area contributed by atoms with Gasteiger partial charge in [0, 0.05) is 37.1 Å². The summed E-state index contributed by atoms with van der Waals surface area (Å²) in [5.74, 6) is 3.64. The first-order chi connectivity index (χ1) is 7.83. The van der Waals surface area contributed by atoms with Crippen molar-refractivity contribution >= 4 is 17.6 Å². The highest BCUT2D eigenvalue weighted by molar-refractivity contribution is 7.99. The lowest BCUT2D eigenvalue weighted by Crippen LogP contribution is -2.33. The van der Waals surface area contributed by atoms with E-state index in [4.69, 9.17) is 0 Å². The SMILES string of the molecule is CNCc1cccnc1N(C)C1CCSC1. The lowest BCUT2D eigenvalue weighted by Gasteiger charge is -2.26. The van der Waals surface area contributed by atoms with E-state index in [2.05, 4.69) is 28.3 Å². The van der Waals surface area contributed by atoms with E-state index in [1.165, 1.54) is 23.5 Å². The van der Waals surface area contributed by atoms with Crippen LogP contribution >= 0.6 is 11.8 Å². The van der Waals surface area contributed by atoms with Crippen molar-refractivity contribution in [3.05, 3.63) is 23.9 Å². The lowest BCUT2D eigenvalue weighted by molar-refractivity contribution is 0.683. The molecule has 0 radical (unpaired) electrons. The maximum atomic E-state index is 4.52. The molecule has 0 bridgehead atoms. The quantitative estimate of drug-likeness (QED) is 0.863. The van der Waals surface area contributed by atoms with Crippen LogP contribution < -0.4 is 10.2 Å². The second kappa shape index (κ2) is 5.55. The fourth-order valence-electron chi connectivity index (χ4n) is 2.08. The summed E-state index contributed by atoms with van der Waals surface area (Å²) in [6.07, 6.45) is 3.16. The van der Waals surface area contributed by atoms with Crippen molar-refractivity contribution in [2.24, 2.45) is 0 Å². The molecule has 2 rings (SSSR count). The number of nitrogens with one attached hydrogen (secondary N) is 1. The third-order valence-electron chi connectivity index (χ3n) is 3.02. The summed E-state index contributed by atoms with van der Waals surface area (Å²) in [5, 5.41) is 3.20.